The molecular weight excluding hydrogens is 304 g/mol. The van der Waals surface area contributed by atoms with Gasteiger partial charge in [0.05, 0.1) is 18.1 Å². The smallest absolute Gasteiger partial charge is 0.251 e. The van der Waals surface area contributed by atoms with Crippen molar-refractivity contribution in [3.63, 3.8) is 0 Å². The zero-order valence-corrected chi connectivity index (χ0v) is 13.0. The van der Waals surface area contributed by atoms with Gasteiger partial charge in [-0.2, -0.15) is 0 Å². The monoisotopic (exact) mass is 322 g/mol. The van der Waals surface area contributed by atoms with E-state index in [1.807, 2.05) is 36.4 Å². The Kier molecular flexibility index (Phi) is 3.58. The van der Waals surface area contributed by atoms with E-state index in [2.05, 4.69) is 10.6 Å². The number of rotatable bonds is 2. The first-order valence-corrected chi connectivity index (χ1v) is 8.08. The second-order valence-corrected chi connectivity index (χ2v) is 6.31. The van der Waals surface area contributed by atoms with Crippen molar-refractivity contribution in [1.29, 1.82) is 0 Å². The maximum Gasteiger partial charge on any atom is 0.251 e. The lowest BCUT2D eigenvalue weighted by atomic mass is 9.89. The highest BCUT2D eigenvalue weighted by Gasteiger charge is 2.36. The number of aliphatic hydroxyl groups excluding tert-OH is 1. The maximum absolute atomic E-state index is 12.8. The van der Waals surface area contributed by atoms with E-state index < -0.39 is 18.1 Å². The van der Waals surface area contributed by atoms with Crippen molar-refractivity contribution >= 4 is 11.8 Å². The second-order valence-electron chi connectivity index (χ2n) is 6.31. The molecule has 1 aliphatic heterocycles. The summed E-state index contributed by atoms with van der Waals surface area (Å²) in [5, 5.41) is 16.0. The highest BCUT2D eigenvalue weighted by atomic mass is 16.3. The van der Waals surface area contributed by atoms with Crippen LogP contribution in [0.25, 0.3) is 0 Å². The first-order chi connectivity index (χ1) is 11.6. The molecular formula is C19H18N2O3. The molecule has 2 aromatic rings. The number of hydrogen-bond acceptors (Lipinski definition) is 3. The molecule has 122 valence electrons. The van der Waals surface area contributed by atoms with Crippen LogP contribution >= 0.6 is 0 Å². The van der Waals surface area contributed by atoms with Crippen molar-refractivity contribution in [3.05, 3.63) is 70.8 Å². The molecule has 4 rings (SSSR count). The van der Waals surface area contributed by atoms with Crippen molar-refractivity contribution in [2.24, 2.45) is 0 Å². The molecule has 5 nitrogen and oxygen atoms in total. The van der Waals surface area contributed by atoms with Crippen LogP contribution in [0.4, 0.5) is 0 Å². The molecule has 0 spiro atoms. The van der Waals surface area contributed by atoms with Crippen LogP contribution in [-0.2, 0) is 11.2 Å². The minimum atomic E-state index is -0.625. The van der Waals surface area contributed by atoms with Gasteiger partial charge in [0, 0.05) is 18.5 Å². The fourth-order valence-corrected chi connectivity index (χ4v) is 3.64. The average Bonchev–Trinajstić information content (AvgIpc) is 2.91. The molecule has 2 aliphatic rings. The summed E-state index contributed by atoms with van der Waals surface area (Å²) < 4.78 is 0. The van der Waals surface area contributed by atoms with Crippen molar-refractivity contribution in [1.82, 2.24) is 10.6 Å². The van der Waals surface area contributed by atoms with Crippen molar-refractivity contribution in [3.8, 4) is 0 Å². The maximum atomic E-state index is 12.8. The number of aliphatic hydroxyl groups is 1. The van der Waals surface area contributed by atoms with Gasteiger partial charge in [0.25, 0.3) is 5.91 Å². The van der Waals surface area contributed by atoms with E-state index >= 15 is 0 Å². The van der Waals surface area contributed by atoms with Gasteiger partial charge in [-0.3, -0.25) is 9.59 Å². The molecule has 0 fully saturated rings. The van der Waals surface area contributed by atoms with Crippen LogP contribution in [0.3, 0.4) is 0 Å². The van der Waals surface area contributed by atoms with E-state index in [9.17, 15) is 14.7 Å². The van der Waals surface area contributed by atoms with Gasteiger partial charge >= 0.3 is 0 Å². The Balaban J connectivity index is 1.60. The molecule has 0 aromatic heterocycles. The molecule has 2 amide bonds. The number of benzene rings is 2. The summed E-state index contributed by atoms with van der Waals surface area (Å²) >= 11 is 0. The number of carbonyl (C=O) groups is 2. The summed E-state index contributed by atoms with van der Waals surface area (Å²) in [5.74, 6) is -0.775. The quantitative estimate of drug-likeness (QED) is 0.779. The first-order valence-electron chi connectivity index (χ1n) is 8.08. The minimum Gasteiger partial charge on any atom is -0.390 e. The third kappa shape index (κ3) is 2.37. The van der Waals surface area contributed by atoms with Crippen LogP contribution in [0.1, 0.15) is 39.0 Å². The Morgan fingerprint density at radius 3 is 2.62 bits per heavy atom. The van der Waals surface area contributed by atoms with Gasteiger partial charge in [-0.1, -0.05) is 42.5 Å². The lowest BCUT2D eigenvalue weighted by molar-refractivity contribution is -0.124. The first kappa shape index (κ1) is 14.9. The summed E-state index contributed by atoms with van der Waals surface area (Å²) in [6.07, 6.45) is -0.0844. The van der Waals surface area contributed by atoms with Crippen molar-refractivity contribution in [2.45, 2.75) is 24.5 Å². The van der Waals surface area contributed by atoms with Crippen LogP contribution in [0.2, 0.25) is 0 Å². The average molecular weight is 322 g/mol. The predicted octanol–water partition coefficient (Wildman–Crippen LogP) is 1.29. The zero-order chi connectivity index (χ0) is 16.7. The molecule has 0 radical (unpaired) electrons. The molecule has 0 saturated heterocycles. The van der Waals surface area contributed by atoms with Gasteiger partial charge in [-0.15, -0.1) is 0 Å². The molecule has 3 atom stereocenters. The van der Waals surface area contributed by atoms with Gasteiger partial charge in [0.1, 0.15) is 0 Å². The Morgan fingerprint density at radius 1 is 1.08 bits per heavy atom. The fourth-order valence-electron chi connectivity index (χ4n) is 3.64. The van der Waals surface area contributed by atoms with Crippen LogP contribution in [-0.4, -0.2) is 29.6 Å². The van der Waals surface area contributed by atoms with E-state index in [0.29, 0.717) is 12.0 Å². The van der Waals surface area contributed by atoms with Gasteiger partial charge in [-0.05, 0) is 22.8 Å². The normalized spacial score (nSPS) is 24.7. The molecule has 24 heavy (non-hydrogen) atoms. The van der Waals surface area contributed by atoms with Crippen LogP contribution in [0, 0.1) is 0 Å². The molecule has 1 unspecified atom stereocenters. The van der Waals surface area contributed by atoms with E-state index in [-0.39, 0.29) is 18.4 Å². The molecule has 3 N–H and O–H groups in total. The number of hydrogen-bond donors (Lipinski definition) is 3. The van der Waals surface area contributed by atoms with Gasteiger partial charge < -0.3 is 15.7 Å². The third-order valence-corrected chi connectivity index (χ3v) is 4.87. The van der Waals surface area contributed by atoms with Crippen molar-refractivity contribution < 1.29 is 14.7 Å². The second kappa shape index (κ2) is 5.76. The number of carbonyl (C=O) groups excluding carboxylic acids is 2. The van der Waals surface area contributed by atoms with Gasteiger partial charge in [-0.25, -0.2) is 0 Å². The summed E-state index contributed by atoms with van der Waals surface area (Å²) in [4.78, 5) is 24.7. The van der Waals surface area contributed by atoms with E-state index in [1.165, 1.54) is 0 Å². The molecule has 0 bridgehead atoms. The Morgan fingerprint density at radius 2 is 1.79 bits per heavy atom. The summed E-state index contributed by atoms with van der Waals surface area (Å²) in [7, 11) is 0. The van der Waals surface area contributed by atoms with Crippen LogP contribution in [0.5, 0.6) is 0 Å². The lowest BCUT2D eigenvalue weighted by Crippen LogP contribution is -2.44. The topological polar surface area (TPSA) is 78.4 Å². The van der Waals surface area contributed by atoms with Crippen LogP contribution < -0.4 is 10.6 Å². The molecule has 1 aliphatic carbocycles. The Hall–Kier alpha value is -2.66. The van der Waals surface area contributed by atoms with E-state index in [1.54, 1.807) is 12.1 Å². The van der Waals surface area contributed by atoms with Crippen LogP contribution in [0.15, 0.2) is 48.5 Å². The minimum absolute atomic E-state index is 0.152. The summed E-state index contributed by atoms with van der Waals surface area (Å²) in [6.45, 7) is 0.270. The standard InChI is InChI=1S/C19H18N2O3/c22-16-9-11-5-1-2-6-12(11)17(16)21-19(24)15-10-20-18(23)14-8-4-3-7-13(14)15/h1-8,15-17,22H,9-10H2,(H,20,23)(H,21,24)/t15?,16-,17-/m0/s1. The largest absolute Gasteiger partial charge is 0.390 e. The highest BCUT2D eigenvalue weighted by molar-refractivity contribution is 6.00. The third-order valence-electron chi connectivity index (χ3n) is 4.87. The Bertz CT molecular complexity index is 818. The van der Waals surface area contributed by atoms with E-state index in [4.69, 9.17) is 0 Å². The zero-order valence-electron chi connectivity index (χ0n) is 13.0. The van der Waals surface area contributed by atoms with E-state index in [0.717, 1.165) is 16.7 Å². The summed E-state index contributed by atoms with van der Waals surface area (Å²) in [5.41, 5.74) is 3.30. The number of amides is 2. The van der Waals surface area contributed by atoms with Crippen molar-refractivity contribution in [2.75, 3.05) is 6.54 Å². The summed E-state index contributed by atoms with van der Waals surface area (Å²) in [6, 6.07) is 14.5. The number of nitrogens with one attached hydrogen (secondary N) is 2. The van der Waals surface area contributed by atoms with Gasteiger partial charge in [0.2, 0.25) is 5.91 Å². The fraction of sp³-hybridized carbons (Fsp3) is 0.263. The molecule has 1 heterocycles. The SMILES string of the molecule is O=C1NCC(C(=O)N[C@H]2c3ccccc3C[C@@H]2O)c2ccccc21. The molecule has 5 heteroatoms. The lowest BCUT2D eigenvalue weighted by Gasteiger charge is -2.27. The number of fused-ring (bicyclic) bond motifs is 2. The van der Waals surface area contributed by atoms with Gasteiger partial charge in [0.15, 0.2) is 0 Å². The highest BCUT2D eigenvalue weighted by Crippen LogP contribution is 2.32. The molecule has 2 aromatic carbocycles. The Labute approximate surface area is 139 Å². The predicted molar refractivity (Wildman–Crippen MR) is 88.6 cm³/mol. The molecule has 0 saturated carbocycles.